The lowest BCUT2D eigenvalue weighted by Crippen LogP contribution is -2.65. The number of carboxylic acids is 1. The molecule has 0 spiro atoms. The summed E-state index contributed by atoms with van der Waals surface area (Å²) >= 11 is 0. The molecule has 0 saturated carbocycles. The summed E-state index contributed by atoms with van der Waals surface area (Å²) in [5.41, 5.74) is -1.15. The molecule has 0 unspecified atom stereocenters. The fourth-order valence-corrected chi connectivity index (χ4v) is 8.08. The molecule has 4 rings (SSSR count). The van der Waals surface area contributed by atoms with Crippen molar-refractivity contribution in [1.82, 2.24) is 9.21 Å². The average Bonchev–Trinajstić information content (AvgIpc) is 2.74. The first kappa shape index (κ1) is 23.5. The van der Waals surface area contributed by atoms with Crippen LogP contribution in [0.4, 0.5) is 13.2 Å². The number of piperidine rings is 3. The molecular weight excluding hydrogens is 445 g/mol. The third kappa shape index (κ3) is 4.41. The van der Waals surface area contributed by atoms with Gasteiger partial charge in [0.25, 0.3) is 0 Å². The number of alkyl halides is 3. The highest BCUT2D eigenvalue weighted by Gasteiger charge is 2.52. The zero-order chi connectivity index (χ0) is 23.1. The number of carbonyl (C=O) groups is 1. The third-order valence-corrected chi connectivity index (χ3v) is 9.24. The quantitative estimate of drug-likeness (QED) is 0.678. The van der Waals surface area contributed by atoms with Gasteiger partial charge in [-0.3, -0.25) is 9.69 Å². The molecule has 6 nitrogen and oxygen atoms in total. The van der Waals surface area contributed by atoms with E-state index in [4.69, 9.17) is 5.11 Å². The Morgan fingerprint density at radius 3 is 2.50 bits per heavy atom. The van der Waals surface area contributed by atoms with Crippen molar-refractivity contribution >= 4 is 16.0 Å². The van der Waals surface area contributed by atoms with Gasteiger partial charge in [0.15, 0.2) is 0 Å². The van der Waals surface area contributed by atoms with Gasteiger partial charge in [0.05, 0.1) is 10.5 Å². The van der Waals surface area contributed by atoms with E-state index in [1.165, 1.54) is 16.4 Å². The number of aliphatic carboxylic acids is 1. The van der Waals surface area contributed by atoms with Crippen molar-refractivity contribution in [2.45, 2.75) is 68.1 Å². The standard InChI is InChI=1S/C22H29F3N2O4S/c23-22(24,25)17-8-1-2-10-19(17)32(30,31)27-14-15-6-4-12-26-13-5-7-16(21(15)26)18(27)9-3-11-20(28)29/h1-2,8,10,15-16,18,21H,3-7,9,11-14H2,(H,28,29)/t15-,16-,18-,21+/m1/s1. The fraction of sp³-hybridized carbons (Fsp3) is 0.682. The molecule has 3 fully saturated rings. The van der Waals surface area contributed by atoms with Gasteiger partial charge in [-0.15, -0.1) is 0 Å². The topological polar surface area (TPSA) is 77.9 Å². The first-order valence-corrected chi connectivity index (χ1v) is 12.7. The molecule has 0 aliphatic carbocycles. The van der Waals surface area contributed by atoms with E-state index in [2.05, 4.69) is 4.90 Å². The summed E-state index contributed by atoms with van der Waals surface area (Å²) in [5.74, 6) is -0.875. The molecular formula is C22H29F3N2O4S. The van der Waals surface area contributed by atoms with E-state index in [1.807, 2.05) is 0 Å². The van der Waals surface area contributed by atoms with Crippen molar-refractivity contribution in [3.05, 3.63) is 29.8 Å². The first-order valence-electron chi connectivity index (χ1n) is 11.2. The Balaban J connectivity index is 1.74. The van der Waals surface area contributed by atoms with Crippen LogP contribution in [0.2, 0.25) is 0 Å². The normalized spacial score (nSPS) is 29.5. The number of rotatable bonds is 6. The molecule has 0 aromatic heterocycles. The molecule has 0 radical (unpaired) electrons. The molecule has 1 aromatic carbocycles. The van der Waals surface area contributed by atoms with Crippen molar-refractivity contribution < 1.29 is 31.5 Å². The molecule has 4 atom stereocenters. The van der Waals surface area contributed by atoms with Crippen LogP contribution in [0, 0.1) is 11.8 Å². The molecule has 3 heterocycles. The summed E-state index contributed by atoms with van der Waals surface area (Å²) in [6, 6.07) is 4.07. The molecule has 0 amide bonds. The second kappa shape index (κ2) is 8.95. The summed E-state index contributed by atoms with van der Waals surface area (Å²) in [6.07, 6.45) is -0.723. The Hall–Kier alpha value is -1.65. The van der Waals surface area contributed by atoms with Gasteiger partial charge in [-0.05, 0) is 75.6 Å². The monoisotopic (exact) mass is 474 g/mol. The van der Waals surface area contributed by atoms with Gasteiger partial charge in [-0.1, -0.05) is 12.1 Å². The minimum absolute atomic E-state index is 0.00409. The van der Waals surface area contributed by atoms with Gasteiger partial charge in [0.1, 0.15) is 0 Å². The molecule has 178 valence electrons. The van der Waals surface area contributed by atoms with Crippen molar-refractivity contribution in [2.24, 2.45) is 11.8 Å². The van der Waals surface area contributed by atoms with Crippen LogP contribution in [-0.4, -0.2) is 60.4 Å². The van der Waals surface area contributed by atoms with Crippen LogP contribution in [0.25, 0.3) is 0 Å². The van der Waals surface area contributed by atoms with Crippen molar-refractivity contribution in [2.75, 3.05) is 19.6 Å². The lowest BCUT2D eigenvalue weighted by Gasteiger charge is -2.57. The van der Waals surface area contributed by atoms with Gasteiger partial charge >= 0.3 is 12.1 Å². The highest BCUT2D eigenvalue weighted by Crippen LogP contribution is 2.46. The van der Waals surface area contributed by atoms with E-state index >= 15 is 0 Å². The van der Waals surface area contributed by atoms with Gasteiger partial charge in [-0.25, -0.2) is 8.42 Å². The maximum Gasteiger partial charge on any atom is 0.417 e. The number of sulfonamides is 1. The van der Waals surface area contributed by atoms with Crippen molar-refractivity contribution in [3.8, 4) is 0 Å². The van der Waals surface area contributed by atoms with Crippen molar-refractivity contribution in [1.29, 1.82) is 0 Å². The fourth-order valence-electron chi connectivity index (χ4n) is 6.10. The number of carboxylic acid groups (broad SMARTS) is 1. The number of benzene rings is 1. The molecule has 3 saturated heterocycles. The van der Waals surface area contributed by atoms with Crippen molar-refractivity contribution in [3.63, 3.8) is 0 Å². The summed E-state index contributed by atoms with van der Waals surface area (Å²) in [5, 5.41) is 9.07. The zero-order valence-electron chi connectivity index (χ0n) is 17.8. The predicted molar refractivity (Wildman–Crippen MR) is 111 cm³/mol. The number of hydrogen-bond donors (Lipinski definition) is 1. The minimum atomic E-state index is -4.78. The van der Waals surface area contributed by atoms with E-state index in [9.17, 15) is 26.4 Å². The number of nitrogens with zero attached hydrogens (tertiary/aromatic N) is 2. The maximum atomic E-state index is 13.7. The SMILES string of the molecule is O=C(O)CCC[C@@H]1[C@H]2CCCN3CCC[C@H](CN1S(=O)(=O)c1ccccc1C(F)(F)F)[C@@H]23. The second-order valence-electron chi connectivity index (χ2n) is 9.16. The van der Waals surface area contributed by atoms with Gasteiger partial charge in [-0.2, -0.15) is 17.5 Å². The van der Waals surface area contributed by atoms with Crippen LogP contribution >= 0.6 is 0 Å². The van der Waals surface area contributed by atoms with E-state index in [0.717, 1.165) is 50.9 Å². The molecule has 1 aromatic rings. The van der Waals surface area contributed by atoms with Gasteiger partial charge < -0.3 is 5.11 Å². The minimum Gasteiger partial charge on any atom is -0.481 e. The van der Waals surface area contributed by atoms with Crippen LogP contribution in [0.3, 0.4) is 0 Å². The lowest BCUT2D eigenvalue weighted by atomic mass is 9.70. The summed E-state index contributed by atoms with van der Waals surface area (Å²) in [7, 11) is -4.42. The second-order valence-corrected chi connectivity index (χ2v) is 11.0. The Morgan fingerprint density at radius 2 is 1.81 bits per heavy atom. The van der Waals surface area contributed by atoms with Gasteiger partial charge in [0, 0.05) is 25.0 Å². The molecule has 0 bridgehead atoms. The van der Waals surface area contributed by atoms with E-state index in [1.54, 1.807) is 0 Å². The van der Waals surface area contributed by atoms with Crippen LogP contribution in [0.15, 0.2) is 29.2 Å². The molecule has 3 aliphatic heterocycles. The van der Waals surface area contributed by atoms with Gasteiger partial charge in [0.2, 0.25) is 10.0 Å². The van der Waals surface area contributed by atoms with E-state index < -0.39 is 38.7 Å². The molecule has 32 heavy (non-hydrogen) atoms. The Kier molecular flexibility index (Phi) is 6.57. The number of halogens is 3. The Bertz CT molecular complexity index is 951. The Morgan fingerprint density at radius 1 is 1.12 bits per heavy atom. The highest BCUT2D eigenvalue weighted by atomic mass is 32.2. The summed E-state index contributed by atoms with van der Waals surface area (Å²) < 4.78 is 69.6. The van der Waals surface area contributed by atoms with Crippen LogP contribution in [0.1, 0.15) is 50.5 Å². The maximum absolute atomic E-state index is 13.7. The molecule has 1 N–H and O–H groups in total. The predicted octanol–water partition coefficient (Wildman–Crippen LogP) is 3.82. The third-order valence-electron chi connectivity index (χ3n) is 7.29. The lowest BCUT2D eigenvalue weighted by molar-refractivity contribution is -0.140. The zero-order valence-corrected chi connectivity index (χ0v) is 18.6. The van der Waals surface area contributed by atoms with Crippen LogP contribution in [-0.2, 0) is 21.0 Å². The Labute approximate surface area is 186 Å². The smallest absolute Gasteiger partial charge is 0.417 e. The molecule has 10 heteroatoms. The van der Waals surface area contributed by atoms with Crippen LogP contribution < -0.4 is 0 Å². The average molecular weight is 475 g/mol. The van der Waals surface area contributed by atoms with E-state index in [0.29, 0.717) is 12.8 Å². The first-order chi connectivity index (χ1) is 15.1. The summed E-state index contributed by atoms with van der Waals surface area (Å²) in [4.78, 5) is 12.8. The molecule has 3 aliphatic rings. The number of hydrogen-bond acceptors (Lipinski definition) is 4. The largest absolute Gasteiger partial charge is 0.481 e. The van der Waals surface area contributed by atoms with Crippen LogP contribution in [0.5, 0.6) is 0 Å². The highest BCUT2D eigenvalue weighted by molar-refractivity contribution is 7.89. The summed E-state index contributed by atoms with van der Waals surface area (Å²) in [6.45, 7) is 2.11. The van der Waals surface area contributed by atoms with E-state index in [-0.39, 0.29) is 30.8 Å².